The Hall–Kier alpha value is -2.62. The molecule has 3 aromatic heterocycles. The highest BCUT2D eigenvalue weighted by Gasteiger charge is 1.96. The van der Waals surface area contributed by atoms with Crippen LogP contribution in [0.15, 0.2) is 67.8 Å². The molecule has 0 spiro atoms. The van der Waals surface area contributed by atoms with Crippen LogP contribution >= 0.6 is 0 Å². The Balaban J connectivity index is -0.000000367. The zero-order valence-electron chi connectivity index (χ0n) is 23.4. The average Bonchev–Trinajstić information content (AvgIpc) is 2.90. The van der Waals surface area contributed by atoms with E-state index in [4.69, 9.17) is 0 Å². The number of pyridine rings is 2. The van der Waals surface area contributed by atoms with Crippen molar-refractivity contribution >= 4 is 0 Å². The van der Waals surface area contributed by atoms with Crippen LogP contribution in [0.2, 0.25) is 0 Å². The van der Waals surface area contributed by atoms with E-state index in [2.05, 4.69) is 67.5 Å². The summed E-state index contributed by atoms with van der Waals surface area (Å²) >= 11 is 0. The largest absolute Gasteiger partial charge is 0.265 e. The lowest BCUT2D eigenvalue weighted by molar-refractivity contribution is 0.845. The zero-order chi connectivity index (χ0) is 26.1. The molecule has 0 fully saturated rings. The first-order chi connectivity index (χ1) is 15.9. The molecule has 4 nitrogen and oxygen atoms in total. The van der Waals surface area contributed by atoms with E-state index in [0.717, 1.165) is 0 Å². The van der Waals surface area contributed by atoms with Gasteiger partial charge in [0.2, 0.25) is 0 Å². The SMILES string of the molecule is CC.CC.CC.CC(C)c1cccnc1.CC(C)c1ccncc1.CC(C)c1cncnc1. The first kappa shape index (κ1) is 35.0. The van der Waals surface area contributed by atoms with Gasteiger partial charge in [-0.3, -0.25) is 9.97 Å². The van der Waals surface area contributed by atoms with Crippen LogP contribution in [0.5, 0.6) is 0 Å². The molecule has 33 heavy (non-hydrogen) atoms. The van der Waals surface area contributed by atoms with E-state index in [1.807, 2.05) is 90.7 Å². The van der Waals surface area contributed by atoms with Crippen LogP contribution in [0.4, 0.5) is 0 Å². The quantitative estimate of drug-likeness (QED) is 0.396. The third-order valence-corrected chi connectivity index (χ3v) is 3.97. The summed E-state index contributed by atoms with van der Waals surface area (Å²) in [5.74, 6) is 1.75. The number of hydrogen-bond acceptors (Lipinski definition) is 4. The van der Waals surface area contributed by atoms with E-state index >= 15 is 0 Å². The monoisotopic (exact) mass is 454 g/mol. The molecule has 0 bridgehead atoms. The number of hydrogen-bond donors (Lipinski definition) is 0. The molecule has 0 unspecified atom stereocenters. The highest BCUT2D eigenvalue weighted by Crippen LogP contribution is 2.11. The summed E-state index contributed by atoms with van der Waals surface area (Å²) in [6.07, 6.45) is 12.6. The molecule has 3 heterocycles. The van der Waals surface area contributed by atoms with Crippen molar-refractivity contribution in [1.82, 2.24) is 19.9 Å². The molecular formula is C29H50N4. The molecule has 0 aromatic carbocycles. The fraction of sp³-hybridized carbons (Fsp3) is 0.517. The Labute approximate surface area is 205 Å². The van der Waals surface area contributed by atoms with Crippen LogP contribution in [0.25, 0.3) is 0 Å². The summed E-state index contributed by atoms with van der Waals surface area (Å²) < 4.78 is 0. The van der Waals surface area contributed by atoms with E-state index in [1.165, 1.54) is 16.7 Å². The van der Waals surface area contributed by atoms with E-state index in [-0.39, 0.29) is 0 Å². The van der Waals surface area contributed by atoms with Gasteiger partial charge < -0.3 is 0 Å². The van der Waals surface area contributed by atoms with E-state index in [9.17, 15) is 0 Å². The molecule has 3 rings (SSSR count). The van der Waals surface area contributed by atoms with Crippen LogP contribution < -0.4 is 0 Å². The minimum absolute atomic E-state index is 0.534. The molecule has 186 valence electrons. The van der Waals surface area contributed by atoms with Crippen LogP contribution in [0, 0.1) is 0 Å². The minimum atomic E-state index is 0.534. The summed E-state index contributed by atoms with van der Waals surface area (Å²) in [5, 5.41) is 0. The maximum Gasteiger partial charge on any atom is 0.115 e. The fourth-order valence-corrected chi connectivity index (χ4v) is 2.07. The van der Waals surface area contributed by atoms with Crippen molar-refractivity contribution in [3.63, 3.8) is 0 Å². The molecule has 0 saturated carbocycles. The summed E-state index contributed by atoms with van der Waals surface area (Å²) in [6.45, 7) is 24.9. The van der Waals surface area contributed by atoms with Crippen LogP contribution in [0.1, 0.15) is 118 Å². The van der Waals surface area contributed by atoms with Crippen molar-refractivity contribution in [2.24, 2.45) is 0 Å². The van der Waals surface area contributed by atoms with Crippen molar-refractivity contribution in [3.05, 3.63) is 84.5 Å². The van der Waals surface area contributed by atoms with E-state index < -0.39 is 0 Å². The predicted octanol–water partition coefficient (Wildman–Crippen LogP) is 9.09. The molecule has 0 aliphatic carbocycles. The predicted molar refractivity (Wildman–Crippen MR) is 147 cm³/mol. The van der Waals surface area contributed by atoms with Gasteiger partial charge in [0.1, 0.15) is 6.33 Å². The third kappa shape index (κ3) is 19.8. The maximum atomic E-state index is 4.01. The summed E-state index contributed by atoms with van der Waals surface area (Å²) in [6, 6.07) is 8.16. The molecule has 0 N–H and O–H groups in total. The Morgan fingerprint density at radius 3 is 1.15 bits per heavy atom. The van der Waals surface area contributed by atoms with Gasteiger partial charge in [-0.15, -0.1) is 0 Å². The van der Waals surface area contributed by atoms with Gasteiger partial charge in [0, 0.05) is 37.2 Å². The van der Waals surface area contributed by atoms with Crippen LogP contribution in [-0.4, -0.2) is 19.9 Å². The molecule has 0 radical (unpaired) electrons. The van der Waals surface area contributed by atoms with Gasteiger partial charge in [0.15, 0.2) is 0 Å². The molecule has 0 saturated heterocycles. The lowest BCUT2D eigenvalue weighted by Crippen LogP contribution is -1.88. The van der Waals surface area contributed by atoms with Crippen molar-refractivity contribution in [1.29, 1.82) is 0 Å². The molecule has 0 aliphatic rings. The third-order valence-electron chi connectivity index (χ3n) is 3.97. The lowest BCUT2D eigenvalue weighted by atomic mass is 10.1. The van der Waals surface area contributed by atoms with Gasteiger partial charge in [-0.1, -0.05) is 89.2 Å². The smallest absolute Gasteiger partial charge is 0.115 e. The molecule has 4 heteroatoms. The highest BCUT2D eigenvalue weighted by atomic mass is 14.8. The summed E-state index contributed by atoms with van der Waals surface area (Å²) in [7, 11) is 0. The molecule has 0 amide bonds. The van der Waals surface area contributed by atoms with Crippen molar-refractivity contribution in [2.75, 3.05) is 0 Å². The number of rotatable bonds is 3. The van der Waals surface area contributed by atoms with Gasteiger partial charge in [-0.25, -0.2) is 9.97 Å². The highest BCUT2D eigenvalue weighted by molar-refractivity contribution is 5.13. The molecule has 0 aliphatic heterocycles. The summed E-state index contributed by atoms with van der Waals surface area (Å²) in [4.78, 5) is 15.7. The maximum absolute atomic E-state index is 4.01. The second-order valence-electron chi connectivity index (χ2n) is 7.20. The van der Waals surface area contributed by atoms with Gasteiger partial charge in [0.25, 0.3) is 0 Å². The second-order valence-corrected chi connectivity index (χ2v) is 7.20. The Kier molecular flexibility index (Phi) is 27.2. The lowest BCUT2D eigenvalue weighted by Gasteiger charge is -2.01. The average molecular weight is 455 g/mol. The van der Waals surface area contributed by atoms with Crippen molar-refractivity contribution in [3.8, 4) is 0 Å². The van der Waals surface area contributed by atoms with E-state index in [1.54, 1.807) is 12.5 Å². The minimum Gasteiger partial charge on any atom is -0.265 e. The van der Waals surface area contributed by atoms with Gasteiger partial charge in [-0.05, 0) is 52.6 Å². The van der Waals surface area contributed by atoms with E-state index in [0.29, 0.717) is 17.8 Å². The van der Waals surface area contributed by atoms with Crippen LogP contribution in [-0.2, 0) is 0 Å². The van der Waals surface area contributed by atoms with Crippen LogP contribution in [0.3, 0.4) is 0 Å². The Morgan fingerprint density at radius 2 is 0.879 bits per heavy atom. The summed E-state index contributed by atoms with van der Waals surface area (Å²) in [5.41, 5.74) is 3.85. The molecular weight excluding hydrogens is 404 g/mol. The first-order valence-electron chi connectivity index (χ1n) is 12.5. The Morgan fingerprint density at radius 1 is 0.455 bits per heavy atom. The fourth-order valence-electron chi connectivity index (χ4n) is 2.07. The Bertz CT molecular complexity index is 609. The van der Waals surface area contributed by atoms with Gasteiger partial charge in [0.05, 0.1) is 0 Å². The molecule has 3 aromatic rings. The topological polar surface area (TPSA) is 51.6 Å². The first-order valence-corrected chi connectivity index (χ1v) is 12.5. The number of aromatic nitrogens is 4. The van der Waals surface area contributed by atoms with Crippen molar-refractivity contribution < 1.29 is 0 Å². The van der Waals surface area contributed by atoms with Gasteiger partial charge >= 0.3 is 0 Å². The molecule has 0 atom stereocenters. The zero-order valence-corrected chi connectivity index (χ0v) is 23.4. The number of nitrogens with zero attached hydrogens (tertiary/aromatic N) is 4. The van der Waals surface area contributed by atoms with Crippen molar-refractivity contribution in [2.45, 2.75) is 101 Å². The normalized spacial score (nSPS) is 8.82. The van der Waals surface area contributed by atoms with Gasteiger partial charge in [-0.2, -0.15) is 0 Å². The second kappa shape index (κ2) is 25.6. The standard InChI is InChI=1S/2C8H11N.C7H10N2.3C2H6/c1-7(2)8-3-5-9-6-4-8;1-7(2)8-4-3-5-9-6-8;1-6(2)7-3-8-5-9-4-7;3*1-2/h2*3-7H,1-2H3;3-6H,1-2H3;3*1-2H3.